The van der Waals surface area contributed by atoms with Gasteiger partial charge in [-0.15, -0.1) is 6.58 Å². The number of benzene rings is 1. The van der Waals surface area contributed by atoms with Gasteiger partial charge in [0, 0.05) is 24.6 Å². The third-order valence-electron chi connectivity index (χ3n) is 7.94. The smallest absolute Gasteiger partial charge is 0.306 e. The Hall–Kier alpha value is -1.65. The van der Waals surface area contributed by atoms with E-state index in [4.69, 9.17) is 18.4 Å². The molecule has 3 heterocycles. The van der Waals surface area contributed by atoms with Crippen molar-refractivity contribution in [1.82, 2.24) is 4.90 Å². The molecule has 168 valence electrons. The predicted molar refractivity (Wildman–Crippen MR) is 111 cm³/mol. The van der Waals surface area contributed by atoms with Gasteiger partial charge in [-0.3, -0.25) is 4.90 Å². The fourth-order valence-corrected chi connectivity index (χ4v) is 7.41. The van der Waals surface area contributed by atoms with Gasteiger partial charge < -0.3 is 23.5 Å². The third-order valence-corrected chi connectivity index (χ3v) is 8.43. The zero-order valence-corrected chi connectivity index (χ0v) is 18.3. The topological polar surface area (TPSA) is 94.5 Å². The minimum absolute atomic E-state index is 0.0933. The van der Waals surface area contributed by atoms with Gasteiger partial charge in [0.05, 0.1) is 30.5 Å². The fraction of sp³-hybridized carbons (Fsp3) is 0.636. The second-order valence-corrected chi connectivity index (χ2v) is 10.9. The predicted octanol–water partition coefficient (Wildman–Crippen LogP) is 1.11. The van der Waals surface area contributed by atoms with E-state index in [2.05, 4.69) is 11.5 Å². The van der Waals surface area contributed by atoms with Gasteiger partial charge in [0.25, 0.3) is 0 Å². The molecule has 0 radical (unpaired) electrons. The number of fused-ring (bicyclic) bond motifs is 1. The first-order valence-electron chi connectivity index (χ1n) is 10.8. The average Bonchev–Trinajstić information content (AvgIpc) is 3.30. The van der Waals surface area contributed by atoms with Gasteiger partial charge >= 0.3 is 10.1 Å². The third kappa shape index (κ3) is 2.41. The maximum absolute atomic E-state index is 12.3. The molecular formula is C22H27NO7S. The first kappa shape index (κ1) is 20.0. The zero-order chi connectivity index (χ0) is 21.6. The second kappa shape index (κ2) is 6.23. The van der Waals surface area contributed by atoms with E-state index >= 15 is 0 Å². The molecule has 3 fully saturated rings. The molecule has 2 aliphatic carbocycles. The monoisotopic (exact) mass is 449 g/mol. The van der Waals surface area contributed by atoms with E-state index in [1.165, 1.54) is 0 Å². The van der Waals surface area contributed by atoms with Crippen LogP contribution >= 0.6 is 0 Å². The average molecular weight is 450 g/mol. The van der Waals surface area contributed by atoms with E-state index in [-0.39, 0.29) is 11.8 Å². The molecule has 2 saturated heterocycles. The van der Waals surface area contributed by atoms with Crippen LogP contribution in [0.1, 0.15) is 30.4 Å². The highest BCUT2D eigenvalue weighted by atomic mass is 32.2. The van der Waals surface area contributed by atoms with Gasteiger partial charge in [0.15, 0.2) is 17.6 Å². The van der Waals surface area contributed by atoms with Crippen molar-refractivity contribution in [2.75, 3.05) is 32.6 Å². The molecule has 1 saturated carbocycles. The van der Waals surface area contributed by atoms with Crippen molar-refractivity contribution in [3.63, 3.8) is 0 Å². The van der Waals surface area contributed by atoms with Crippen LogP contribution in [0.15, 0.2) is 24.8 Å². The summed E-state index contributed by atoms with van der Waals surface area (Å²) in [6.45, 7) is 6.30. The highest BCUT2D eigenvalue weighted by molar-refractivity contribution is 7.86. The van der Waals surface area contributed by atoms with E-state index in [0.717, 1.165) is 23.9 Å². The summed E-state index contributed by atoms with van der Waals surface area (Å²) in [5, 5.41) is 12.3. The summed E-state index contributed by atoms with van der Waals surface area (Å²) in [7, 11) is -3.75. The van der Waals surface area contributed by atoms with E-state index in [9.17, 15) is 13.5 Å². The maximum Gasteiger partial charge on any atom is 0.306 e. The number of ether oxygens (including phenoxy) is 3. The second-order valence-electron chi connectivity index (χ2n) is 9.37. The van der Waals surface area contributed by atoms with Crippen molar-refractivity contribution >= 4 is 10.1 Å². The summed E-state index contributed by atoms with van der Waals surface area (Å²) in [4.78, 5) is 2.30. The number of hydrogen-bond donors (Lipinski definition) is 1. The molecule has 2 spiro atoms. The minimum Gasteiger partial charge on any atom is -0.479 e. The lowest BCUT2D eigenvalue weighted by atomic mass is 9.48. The van der Waals surface area contributed by atoms with Crippen LogP contribution in [0.4, 0.5) is 0 Å². The Bertz CT molecular complexity index is 1070. The van der Waals surface area contributed by atoms with Crippen LogP contribution in [0, 0.1) is 0 Å². The van der Waals surface area contributed by atoms with Crippen molar-refractivity contribution in [2.24, 2.45) is 0 Å². The van der Waals surface area contributed by atoms with Crippen LogP contribution in [0.2, 0.25) is 0 Å². The highest BCUT2D eigenvalue weighted by Gasteiger charge is 2.77. The molecule has 9 heteroatoms. The quantitative estimate of drug-likeness (QED) is 0.540. The van der Waals surface area contributed by atoms with E-state index < -0.39 is 33.0 Å². The number of piperidine rings is 1. The first-order valence-corrected chi connectivity index (χ1v) is 12.6. The Morgan fingerprint density at radius 3 is 2.77 bits per heavy atom. The molecular weight excluding hydrogens is 422 g/mol. The zero-order valence-electron chi connectivity index (χ0n) is 17.5. The van der Waals surface area contributed by atoms with E-state index in [0.29, 0.717) is 51.2 Å². The molecule has 2 unspecified atom stereocenters. The summed E-state index contributed by atoms with van der Waals surface area (Å²) >= 11 is 0. The molecule has 1 aromatic carbocycles. The van der Waals surface area contributed by atoms with Crippen LogP contribution < -0.4 is 8.92 Å². The van der Waals surface area contributed by atoms with Crippen LogP contribution in [-0.4, -0.2) is 74.5 Å². The number of likely N-dealkylation sites (tertiary alicyclic amines) is 1. The van der Waals surface area contributed by atoms with Gasteiger partial charge in [-0.1, -0.05) is 12.1 Å². The number of rotatable bonds is 4. The molecule has 1 aromatic rings. The lowest BCUT2D eigenvalue weighted by Crippen LogP contribution is -2.79. The normalized spacial score (nSPS) is 37.4. The van der Waals surface area contributed by atoms with Crippen LogP contribution in [0.25, 0.3) is 0 Å². The van der Waals surface area contributed by atoms with Crippen molar-refractivity contribution in [1.29, 1.82) is 0 Å². The maximum atomic E-state index is 12.3. The van der Waals surface area contributed by atoms with Crippen molar-refractivity contribution in [2.45, 2.75) is 54.6 Å². The molecule has 4 atom stereocenters. The van der Waals surface area contributed by atoms with Crippen molar-refractivity contribution in [3.8, 4) is 11.5 Å². The van der Waals surface area contributed by atoms with Crippen molar-refractivity contribution in [3.05, 3.63) is 35.9 Å². The Morgan fingerprint density at radius 1 is 1.29 bits per heavy atom. The van der Waals surface area contributed by atoms with Crippen LogP contribution in [0.3, 0.4) is 0 Å². The van der Waals surface area contributed by atoms with Gasteiger partial charge in [-0.2, -0.15) is 8.42 Å². The summed E-state index contributed by atoms with van der Waals surface area (Å²) in [5.41, 5.74) is 0.116. The highest BCUT2D eigenvalue weighted by Crippen LogP contribution is 2.68. The molecule has 31 heavy (non-hydrogen) atoms. The first-order chi connectivity index (χ1) is 14.7. The lowest BCUT2D eigenvalue weighted by Gasteiger charge is -2.65. The molecule has 3 aliphatic heterocycles. The van der Waals surface area contributed by atoms with Gasteiger partial charge in [-0.25, -0.2) is 0 Å². The summed E-state index contributed by atoms with van der Waals surface area (Å²) < 4.78 is 47.9. The molecule has 5 aliphatic rings. The largest absolute Gasteiger partial charge is 0.479 e. The molecule has 2 bridgehead atoms. The van der Waals surface area contributed by atoms with Crippen molar-refractivity contribution < 1.29 is 31.9 Å². The number of hydrogen-bond acceptors (Lipinski definition) is 8. The number of aliphatic hydroxyl groups is 1. The Morgan fingerprint density at radius 2 is 2.06 bits per heavy atom. The lowest BCUT2D eigenvalue weighted by molar-refractivity contribution is -0.296. The fourth-order valence-electron chi connectivity index (χ4n) is 6.96. The van der Waals surface area contributed by atoms with Gasteiger partial charge in [-0.05, 0) is 37.4 Å². The Kier molecular flexibility index (Phi) is 4.02. The molecule has 0 amide bonds. The van der Waals surface area contributed by atoms with E-state index in [1.54, 1.807) is 6.07 Å². The molecule has 8 nitrogen and oxygen atoms in total. The molecule has 1 N–H and O–H groups in total. The SMILES string of the molecule is C=CCN1CC[C@]23c4c5ccc(OS(C)(=O)=O)c4OC2C2(CCC3(O)[C@H]1C5)OCCO2. The summed E-state index contributed by atoms with van der Waals surface area (Å²) in [6, 6.07) is 3.47. The summed E-state index contributed by atoms with van der Waals surface area (Å²) in [5.74, 6) is -0.386. The minimum atomic E-state index is -3.75. The van der Waals surface area contributed by atoms with Gasteiger partial charge in [0.1, 0.15) is 0 Å². The van der Waals surface area contributed by atoms with Crippen LogP contribution in [0.5, 0.6) is 11.5 Å². The van der Waals surface area contributed by atoms with E-state index in [1.807, 2.05) is 12.1 Å². The molecule has 0 aromatic heterocycles. The number of nitrogens with zero attached hydrogens (tertiary/aromatic N) is 1. The molecule has 6 rings (SSSR count). The Balaban J connectivity index is 1.59. The van der Waals surface area contributed by atoms with Crippen LogP contribution in [-0.2, 0) is 31.4 Å². The summed E-state index contributed by atoms with van der Waals surface area (Å²) in [6.07, 6.45) is 4.65. The Labute approximate surface area is 181 Å². The van der Waals surface area contributed by atoms with Gasteiger partial charge in [0.2, 0.25) is 5.79 Å². The standard InChI is InChI=1S/C22H27NO7S/c1-3-9-23-10-8-20-17-14-4-5-15(30-31(2,25)26)18(17)29-19(20)22(27-11-12-28-22)7-6-21(20,24)16(23)13-14/h3-5,16,19,24H,1,6-13H2,2H3/t16-,19?,20+,21?/m1/s1.